The van der Waals surface area contributed by atoms with E-state index in [1.54, 1.807) is 11.3 Å². The molecule has 0 aliphatic heterocycles. The Kier molecular flexibility index (Phi) is 3.41. The summed E-state index contributed by atoms with van der Waals surface area (Å²) in [7, 11) is 0. The average Bonchev–Trinajstić information content (AvgIpc) is 2.37. The number of aliphatic hydroxyl groups is 1. The molecule has 0 fully saturated rings. The van der Waals surface area contributed by atoms with Crippen LogP contribution in [0.1, 0.15) is 10.0 Å². The molecule has 11 heavy (non-hydrogen) atoms. The molecule has 4 nitrogen and oxygen atoms in total. The second-order valence-corrected chi connectivity index (χ2v) is 3.38. The van der Waals surface area contributed by atoms with Gasteiger partial charge in [0.1, 0.15) is 10.0 Å². The molecule has 1 aromatic heterocycles. The van der Waals surface area contributed by atoms with E-state index in [9.17, 15) is 0 Å². The fourth-order valence-electron chi connectivity index (χ4n) is 0.683. The molecule has 0 atom stereocenters. The van der Waals surface area contributed by atoms with Gasteiger partial charge in [0.15, 0.2) is 0 Å². The van der Waals surface area contributed by atoms with Gasteiger partial charge < -0.3 is 10.4 Å². The lowest BCUT2D eigenvalue weighted by molar-refractivity contribution is 0.292. The van der Waals surface area contributed by atoms with E-state index < -0.39 is 0 Å². The van der Waals surface area contributed by atoms with Crippen molar-refractivity contribution in [3.8, 4) is 0 Å². The van der Waals surface area contributed by atoms with Gasteiger partial charge in [-0.15, -0.1) is 21.5 Å². The van der Waals surface area contributed by atoms with Crippen molar-refractivity contribution in [2.75, 3.05) is 13.2 Å². The maximum absolute atomic E-state index is 8.45. The van der Waals surface area contributed by atoms with Crippen LogP contribution in [0.25, 0.3) is 0 Å². The number of nitrogens with one attached hydrogen (secondary N) is 1. The predicted octanol–water partition coefficient (Wildman–Crippen LogP) is -0.0716. The van der Waals surface area contributed by atoms with Gasteiger partial charge in [-0.3, -0.25) is 0 Å². The van der Waals surface area contributed by atoms with Crippen molar-refractivity contribution in [1.29, 1.82) is 0 Å². The molecule has 1 heterocycles. The Morgan fingerprint density at radius 2 is 2.36 bits per heavy atom. The molecular formula is C6H11N3OS. The van der Waals surface area contributed by atoms with Crippen molar-refractivity contribution >= 4 is 11.3 Å². The standard InChI is InChI=1S/C6H11N3OS/c1-5-8-9-6(11-5)4-7-2-3-10/h7,10H,2-4H2,1H3. The van der Waals surface area contributed by atoms with E-state index in [0.717, 1.165) is 10.0 Å². The van der Waals surface area contributed by atoms with E-state index in [0.29, 0.717) is 13.1 Å². The first-order valence-electron chi connectivity index (χ1n) is 3.43. The summed E-state index contributed by atoms with van der Waals surface area (Å²) in [5.41, 5.74) is 0. The molecule has 1 rings (SSSR count). The maximum atomic E-state index is 8.45. The summed E-state index contributed by atoms with van der Waals surface area (Å²) in [5, 5.41) is 21.2. The van der Waals surface area contributed by atoms with Crippen molar-refractivity contribution in [2.24, 2.45) is 0 Å². The summed E-state index contributed by atoms with van der Waals surface area (Å²) in [6.07, 6.45) is 0. The van der Waals surface area contributed by atoms with Crippen LogP contribution in [-0.2, 0) is 6.54 Å². The highest BCUT2D eigenvalue weighted by molar-refractivity contribution is 7.11. The normalized spacial score (nSPS) is 10.4. The predicted molar refractivity (Wildman–Crippen MR) is 43.4 cm³/mol. The minimum absolute atomic E-state index is 0.164. The number of aliphatic hydroxyl groups excluding tert-OH is 1. The Morgan fingerprint density at radius 3 is 2.91 bits per heavy atom. The van der Waals surface area contributed by atoms with Gasteiger partial charge in [0.05, 0.1) is 6.61 Å². The molecule has 1 aromatic rings. The van der Waals surface area contributed by atoms with Crippen LogP contribution in [0, 0.1) is 6.92 Å². The third-order valence-corrected chi connectivity index (χ3v) is 1.97. The van der Waals surface area contributed by atoms with Crippen molar-refractivity contribution in [3.05, 3.63) is 10.0 Å². The Morgan fingerprint density at radius 1 is 1.55 bits per heavy atom. The Bertz CT molecular complexity index is 213. The van der Waals surface area contributed by atoms with Crippen LogP contribution in [0.4, 0.5) is 0 Å². The molecule has 0 saturated heterocycles. The van der Waals surface area contributed by atoms with Crippen LogP contribution >= 0.6 is 11.3 Å². The van der Waals surface area contributed by atoms with Crippen molar-refractivity contribution in [3.63, 3.8) is 0 Å². The van der Waals surface area contributed by atoms with Gasteiger partial charge in [-0.05, 0) is 6.92 Å². The molecule has 0 unspecified atom stereocenters. The van der Waals surface area contributed by atoms with Crippen LogP contribution in [0.5, 0.6) is 0 Å². The average molecular weight is 173 g/mol. The van der Waals surface area contributed by atoms with Gasteiger partial charge in [-0.1, -0.05) is 0 Å². The second-order valence-electron chi connectivity index (χ2n) is 2.12. The van der Waals surface area contributed by atoms with E-state index in [1.165, 1.54) is 0 Å². The monoisotopic (exact) mass is 173 g/mol. The fourth-order valence-corrected chi connectivity index (χ4v) is 1.36. The summed E-state index contributed by atoms with van der Waals surface area (Å²) in [4.78, 5) is 0. The lowest BCUT2D eigenvalue weighted by atomic mass is 10.6. The maximum Gasteiger partial charge on any atom is 0.131 e. The molecule has 0 saturated carbocycles. The first-order chi connectivity index (χ1) is 5.33. The van der Waals surface area contributed by atoms with Crippen molar-refractivity contribution in [2.45, 2.75) is 13.5 Å². The number of aryl methyl sites for hydroxylation is 1. The highest BCUT2D eigenvalue weighted by Crippen LogP contribution is 2.06. The Balaban J connectivity index is 2.27. The summed E-state index contributed by atoms with van der Waals surface area (Å²) >= 11 is 1.57. The number of hydrogen-bond donors (Lipinski definition) is 2. The third kappa shape index (κ3) is 2.92. The summed E-state index contributed by atoms with van der Waals surface area (Å²) in [6, 6.07) is 0. The number of hydrogen-bond acceptors (Lipinski definition) is 5. The molecule has 0 aliphatic rings. The van der Waals surface area contributed by atoms with Crippen LogP contribution in [0.15, 0.2) is 0 Å². The molecule has 0 spiro atoms. The van der Waals surface area contributed by atoms with Gasteiger partial charge in [0.2, 0.25) is 0 Å². The molecule has 0 amide bonds. The molecule has 5 heteroatoms. The van der Waals surface area contributed by atoms with Gasteiger partial charge in [-0.25, -0.2) is 0 Å². The topological polar surface area (TPSA) is 58.0 Å². The molecule has 0 aliphatic carbocycles. The summed E-state index contributed by atoms with van der Waals surface area (Å²) in [6.45, 7) is 3.40. The highest BCUT2D eigenvalue weighted by atomic mass is 32.1. The van der Waals surface area contributed by atoms with E-state index in [4.69, 9.17) is 5.11 Å². The van der Waals surface area contributed by atoms with Gasteiger partial charge in [-0.2, -0.15) is 0 Å². The molecule has 0 aromatic carbocycles. The van der Waals surface area contributed by atoms with E-state index in [-0.39, 0.29) is 6.61 Å². The summed E-state index contributed by atoms with van der Waals surface area (Å²) < 4.78 is 0. The molecule has 62 valence electrons. The highest BCUT2D eigenvalue weighted by Gasteiger charge is 1.97. The van der Waals surface area contributed by atoms with Crippen LogP contribution < -0.4 is 5.32 Å². The SMILES string of the molecule is Cc1nnc(CNCCO)s1. The first-order valence-corrected chi connectivity index (χ1v) is 4.25. The Hall–Kier alpha value is -0.520. The molecule has 0 radical (unpaired) electrons. The van der Waals surface area contributed by atoms with Gasteiger partial charge in [0.25, 0.3) is 0 Å². The minimum Gasteiger partial charge on any atom is -0.395 e. The second kappa shape index (κ2) is 4.38. The van der Waals surface area contributed by atoms with Crippen LogP contribution in [0.2, 0.25) is 0 Å². The molecule has 0 bridgehead atoms. The van der Waals surface area contributed by atoms with Crippen molar-refractivity contribution in [1.82, 2.24) is 15.5 Å². The molecular weight excluding hydrogens is 162 g/mol. The van der Waals surface area contributed by atoms with Crippen LogP contribution in [0.3, 0.4) is 0 Å². The number of nitrogens with zero attached hydrogens (tertiary/aromatic N) is 2. The largest absolute Gasteiger partial charge is 0.395 e. The zero-order valence-corrected chi connectivity index (χ0v) is 7.19. The smallest absolute Gasteiger partial charge is 0.131 e. The first kappa shape index (κ1) is 8.58. The zero-order valence-electron chi connectivity index (χ0n) is 6.37. The lowest BCUT2D eigenvalue weighted by Crippen LogP contribution is -2.17. The van der Waals surface area contributed by atoms with Crippen LogP contribution in [-0.4, -0.2) is 28.5 Å². The number of rotatable bonds is 4. The quantitative estimate of drug-likeness (QED) is 0.626. The van der Waals surface area contributed by atoms with E-state index >= 15 is 0 Å². The lowest BCUT2D eigenvalue weighted by Gasteiger charge is -1.95. The van der Waals surface area contributed by atoms with Crippen molar-refractivity contribution < 1.29 is 5.11 Å². The zero-order chi connectivity index (χ0) is 8.10. The van der Waals surface area contributed by atoms with E-state index in [1.807, 2.05) is 6.92 Å². The van der Waals surface area contributed by atoms with Gasteiger partial charge in [0, 0.05) is 13.1 Å². The summed E-state index contributed by atoms with van der Waals surface area (Å²) in [5.74, 6) is 0. The van der Waals surface area contributed by atoms with E-state index in [2.05, 4.69) is 15.5 Å². The Labute approximate surface area is 69.3 Å². The van der Waals surface area contributed by atoms with Gasteiger partial charge >= 0.3 is 0 Å². The molecule has 2 N–H and O–H groups in total. The fraction of sp³-hybridized carbons (Fsp3) is 0.667. The number of aromatic nitrogens is 2. The third-order valence-electron chi connectivity index (χ3n) is 1.13. The minimum atomic E-state index is 0.164.